The lowest BCUT2D eigenvalue weighted by molar-refractivity contribution is -0.137. The van der Waals surface area contributed by atoms with Gasteiger partial charge in [0.2, 0.25) is 0 Å². The zero-order chi connectivity index (χ0) is 17.9. The zero-order valence-corrected chi connectivity index (χ0v) is 13.9. The number of alkyl halides is 3. The average molecular weight is 351 g/mol. The van der Waals surface area contributed by atoms with Gasteiger partial charge in [0.15, 0.2) is 0 Å². The first-order valence-corrected chi connectivity index (χ1v) is 8.16. The van der Waals surface area contributed by atoms with Crippen molar-refractivity contribution in [3.8, 4) is 5.75 Å². The van der Waals surface area contributed by atoms with Gasteiger partial charge in [-0.2, -0.15) is 13.2 Å². The van der Waals surface area contributed by atoms with Crippen LogP contribution in [0.25, 0.3) is 0 Å². The number of anilines is 2. The fraction of sp³-hybridized carbons (Fsp3) is 0.389. The van der Waals surface area contributed by atoms with Crippen LogP contribution in [0.4, 0.5) is 24.7 Å². The lowest BCUT2D eigenvalue weighted by Crippen LogP contribution is -2.39. The third-order valence-electron chi connectivity index (χ3n) is 4.37. The lowest BCUT2D eigenvalue weighted by Gasteiger charge is -2.35. The first-order valence-electron chi connectivity index (χ1n) is 8.16. The van der Waals surface area contributed by atoms with E-state index in [1.54, 1.807) is 7.11 Å². The Morgan fingerprint density at radius 3 is 2.52 bits per heavy atom. The summed E-state index contributed by atoms with van der Waals surface area (Å²) in [5.74, 6) is 0.712. The Bertz CT molecular complexity index is 713. The topological polar surface area (TPSA) is 37.4 Å². The number of aromatic nitrogens is 1. The summed E-state index contributed by atoms with van der Waals surface area (Å²) in [5.41, 5.74) is 0.291. The maximum Gasteiger partial charge on any atom is 0.419 e. The van der Waals surface area contributed by atoms with Crippen LogP contribution < -0.4 is 15.0 Å². The molecule has 0 radical (unpaired) electrons. The van der Waals surface area contributed by atoms with Crippen molar-refractivity contribution in [1.82, 2.24) is 4.98 Å². The molecule has 25 heavy (non-hydrogen) atoms. The Kier molecular flexibility index (Phi) is 5.01. The predicted octanol–water partition coefficient (Wildman–Crippen LogP) is 4.19. The summed E-state index contributed by atoms with van der Waals surface area (Å²) in [6.45, 7) is 1.48. The van der Waals surface area contributed by atoms with Gasteiger partial charge in [0.1, 0.15) is 11.6 Å². The van der Waals surface area contributed by atoms with Crippen molar-refractivity contribution in [3.63, 3.8) is 0 Å². The first kappa shape index (κ1) is 17.4. The highest BCUT2D eigenvalue weighted by atomic mass is 19.4. The van der Waals surface area contributed by atoms with Gasteiger partial charge >= 0.3 is 6.18 Å². The average Bonchev–Trinajstić information content (AvgIpc) is 2.62. The van der Waals surface area contributed by atoms with Crippen molar-refractivity contribution in [2.75, 3.05) is 30.4 Å². The molecule has 0 aliphatic carbocycles. The van der Waals surface area contributed by atoms with Crippen molar-refractivity contribution in [2.45, 2.75) is 25.1 Å². The van der Waals surface area contributed by atoms with Crippen LogP contribution in [0.1, 0.15) is 18.4 Å². The summed E-state index contributed by atoms with van der Waals surface area (Å²) in [6.07, 6.45) is -1.58. The molecule has 2 aromatic rings. The molecule has 0 atom stereocenters. The number of para-hydroxylation sites is 2. The number of benzene rings is 1. The van der Waals surface area contributed by atoms with Gasteiger partial charge < -0.3 is 15.0 Å². The second kappa shape index (κ2) is 7.21. The van der Waals surface area contributed by atoms with Crippen LogP contribution in [-0.2, 0) is 6.18 Å². The van der Waals surface area contributed by atoms with Crippen LogP contribution in [0.3, 0.4) is 0 Å². The van der Waals surface area contributed by atoms with Crippen LogP contribution in [0.5, 0.6) is 5.75 Å². The smallest absolute Gasteiger partial charge is 0.419 e. The normalized spacial score (nSPS) is 15.9. The molecule has 1 aliphatic heterocycles. The number of halogens is 3. The minimum atomic E-state index is -4.41. The number of pyridine rings is 1. The van der Waals surface area contributed by atoms with Crippen molar-refractivity contribution in [2.24, 2.45) is 0 Å². The number of hydrogen-bond donors (Lipinski definition) is 1. The van der Waals surface area contributed by atoms with Gasteiger partial charge in [0.25, 0.3) is 0 Å². The van der Waals surface area contributed by atoms with Crippen LogP contribution in [0, 0.1) is 0 Å². The predicted molar refractivity (Wildman–Crippen MR) is 91.1 cm³/mol. The molecule has 4 nitrogen and oxygen atoms in total. The number of ether oxygens (including phenoxy) is 1. The number of nitrogens with zero attached hydrogens (tertiary/aromatic N) is 2. The Morgan fingerprint density at radius 1 is 1.12 bits per heavy atom. The fourth-order valence-corrected chi connectivity index (χ4v) is 3.10. The summed E-state index contributed by atoms with van der Waals surface area (Å²) in [5, 5.41) is 2.97. The summed E-state index contributed by atoms with van der Waals surface area (Å²) in [7, 11) is 1.63. The molecule has 1 aromatic heterocycles. The molecular formula is C18H20F3N3O. The summed E-state index contributed by atoms with van der Waals surface area (Å²) < 4.78 is 44.6. The molecule has 3 rings (SSSR count). The Labute approximate surface area is 144 Å². The van der Waals surface area contributed by atoms with Gasteiger partial charge in [-0.25, -0.2) is 4.98 Å². The third-order valence-corrected chi connectivity index (χ3v) is 4.37. The van der Waals surface area contributed by atoms with E-state index in [9.17, 15) is 13.2 Å². The largest absolute Gasteiger partial charge is 0.495 e. The fourth-order valence-electron chi connectivity index (χ4n) is 3.10. The van der Waals surface area contributed by atoms with Crippen LogP contribution in [-0.4, -0.2) is 31.2 Å². The molecule has 1 fully saturated rings. The first-order chi connectivity index (χ1) is 12.0. The van der Waals surface area contributed by atoms with Crippen molar-refractivity contribution < 1.29 is 17.9 Å². The number of methoxy groups -OCH3 is 1. The van der Waals surface area contributed by atoms with Crippen LogP contribution in [0.15, 0.2) is 42.6 Å². The Hall–Kier alpha value is -2.44. The molecule has 0 unspecified atom stereocenters. The molecule has 0 bridgehead atoms. The van der Waals surface area contributed by atoms with E-state index >= 15 is 0 Å². The summed E-state index contributed by atoms with van der Waals surface area (Å²) in [6, 6.07) is 10.1. The van der Waals surface area contributed by atoms with Gasteiger partial charge in [-0.3, -0.25) is 0 Å². The molecule has 2 heterocycles. The van der Waals surface area contributed by atoms with Gasteiger partial charge in [-0.15, -0.1) is 0 Å². The van der Waals surface area contributed by atoms with E-state index in [0.717, 1.165) is 43.4 Å². The zero-order valence-electron chi connectivity index (χ0n) is 13.9. The van der Waals surface area contributed by atoms with Crippen molar-refractivity contribution in [3.05, 3.63) is 48.2 Å². The van der Waals surface area contributed by atoms with Crippen LogP contribution >= 0.6 is 0 Å². The van der Waals surface area contributed by atoms with E-state index < -0.39 is 11.7 Å². The molecule has 1 aromatic carbocycles. The second-order valence-corrected chi connectivity index (χ2v) is 5.97. The number of nitrogens with one attached hydrogen (secondary N) is 1. The SMILES string of the molecule is COc1ccccc1N1CCC(Nc2ncccc2C(F)(F)F)CC1. The molecule has 0 saturated carbocycles. The van der Waals surface area contributed by atoms with E-state index in [2.05, 4.69) is 15.2 Å². The monoisotopic (exact) mass is 351 g/mol. The summed E-state index contributed by atoms with van der Waals surface area (Å²) in [4.78, 5) is 6.07. The molecular weight excluding hydrogens is 331 g/mol. The van der Waals surface area contributed by atoms with Gasteiger partial charge in [0, 0.05) is 25.3 Å². The maximum atomic E-state index is 13.1. The minimum Gasteiger partial charge on any atom is -0.495 e. The lowest BCUT2D eigenvalue weighted by atomic mass is 10.0. The second-order valence-electron chi connectivity index (χ2n) is 5.97. The highest BCUT2D eigenvalue weighted by molar-refractivity contribution is 5.58. The molecule has 0 spiro atoms. The molecule has 1 aliphatic rings. The Morgan fingerprint density at radius 2 is 1.84 bits per heavy atom. The third kappa shape index (κ3) is 3.97. The molecule has 7 heteroatoms. The number of piperidine rings is 1. The van der Waals surface area contributed by atoms with Gasteiger partial charge in [0.05, 0.1) is 18.4 Å². The quantitative estimate of drug-likeness (QED) is 0.896. The minimum absolute atomic E-state index is 0.0399. The standard InChI is InChI=1S/C18H20F3N3O/c1-25-16-7-3-2-6-15(16)24-11-8-13(9-12-24)23-17-14(18(19,20)21)5-4-10-22-17/h2-7,10,13H,8-9,11-12H2,1H3,(H,22,23). The highest BCUT2D eigenvalue weighted by Crippen LogP contribution is 2.35. The molecule has 0 amide bonds. The molecule has 1 saturated heterocycles. The number of hydrogen-bond acceptors (Lipinski definition) is 4. The van der Waals surface area contributed by atoms with E-state index in [1.165, 1.54) is 12.3 Å². The van der Waals surface area contributed by atoms with E-state index in [1.807, 2.05) is 24.3 Å². The number of rotatable bonds is 4. The van der Waals surface area contributed by atoms with Gasteiger partial charge in [-0.1, -0.05) is 12.1 Å². The Balaban J connectivity index is 1.66. The van der Waals surface area contributed by atoms with E-state index in [0.29, 0.717) is 0 Å². The van der Waals surface area contributed by atoms with Crippen LogP contribution in [0.2, 0.25) is 0 Å². The van der Waals surface area contributed by atoms with E-state index in [-0.39, 0.29) is 11.9 Å². The maximum absolute atomic E-state index is 13.1. The summed E-state index contributed by atoms with van der Waals surface area (Å²) >= 11 is 0. The molecule has 1 N–H and O–H groups in total. The highest BCUT2D eigenvalue weighted by Gasteiger charge is 2.35. The van der Waals surface area contributed by atoms with Crippen molar-refractivity contribution in [1.29, 1.82) is 0 Å². The van der Waals surface area contributed by atoms with E-state index in [4.69, 9.17) is 4.74 Å². The van der Waals surface area contributed by atoms with Crippen molar-refractivity contribution >= 4 is 11.5 Å². The molecule has 134 valence electrons. The van der Waals surface area contributed by atoms with Gasteiger partial charge in [-0.05, 0) is 37.1 Å².